The Morgan fingerprint density at radius 1 is 1.10 bits per heavy atom. The summed E-state index contributed by atoms with van der Waals surface area (Å²) in [6.45, 7) is 0.524. The van der Waals surface area contributed by atoms with Gasteiger partial charge in [0, 0.05) is 23.5 Å². The summed E-state index contributed by atoms with van der Waals surface area (Å²) < 4.78 is 43.3. The molecule has 6 N–H and O–H groups in total. The molecule has 0 radical (unpaired) electrons. The lowest BCUT2D eigenvalue weighted by Gasteiger charge is -2.49. The number of nitrogens with zero attached hydrogens (tertiary/aromatic N) is 1. The first kappa shape index (κ1) is 25.8. The molecule has 14 heteroatoms. The average molecular weight is 574 g/mol. The predicted molar refractivity (Wildman–Crippen MR) is 136 cm³/mol. The van der Waals surface area contributed by atoms with E-state index in [9.17, 15) is 18.0 Å². The van der Waals surface area contributed by atoms with Crippen molar-refractivity contribution in [3.63, 3.8) is 0 Å². The van der Waals surface area contributed by atoms with E-state index < -0.39 is 49.5 Å². The number of carbonyl (C=O) groups excluding carboxylic acids is 2. The highest BCUT2D eigenvalue weighted by Crippen LogP contribution is 2.57. The zero-order valence-electron chi connectivity index (χ0n) is 20.5. The highest BCUT2D eigenvalue weighted by atomic mass is 35.5. The number of fused-ring (bicyclic) bond motifs is 1. The van der Waals surface area contributed by atoms with Crippen LogP contribution in [0.3, 0.4) is 0 Å². The fraction of sp³-hybridized carbons (Fsp3) is 0.400. The van der Waals surface area contributed by atoms with Crippen LogP contribution in [0.5, 0.6) is 0 Å². The number of nitrogens with two attached hydrogens (primary N) is 2. The van der Waals surface area contributed by atoms with Crippen molar-refractivity contribution in [2.24, 2.45) is 22.8 Å². The minimum atomic E-state index is -4.31. The minimum absolute atomic E-state index is 0.142. The van der Waals surface area contributed by atoms with Crippen LogP contribution < -0.4 is 21.5 Å². The molecule has 3 aliphatic rings. The monoisotopic (exact) mass is 573 g/mol. The second kappa shape index (κ2) is 8.80. The normalized spacial score (nSPS) is 29.7. The lowest BCUT2D eigenvalue weighted by molar-refractivity contribution is -0.123. The van der Waals surface area contributed by atoms with Gasteiger partial charge < -0.3 is 24.6 Å². The van der Waals surface area contributed by atoms with Crippen molar-refractivity contribution in [3.05, 3.63) is 47.0 Å². The molecule has 39 heavy (non-hydrogen) atoms. The molecule has 6 rings (SSSR count). The van der Waals surface area contributed by atoms with Crippen LogP contribution in [0.25, 0.3) is 11.1 Å². The molecule has 0 bridgehead atoms. The van der Waals surface area contributed by atoms with Crippen molar-refractivity contribution in [2.75, 3.05) is 13.2 Å². The Balaban J connectivity index is 1.09. The number of furan rings is 1. The fourth-order valence-corrected chi connectivity index (χ4v) is 6.58. The van der Waals surface area contributed by atoms with Gasteiger partial charge in [0.1, 0.15) is 5.52 Å². The van der Waals surface area contributed by atoms with Gasteiger partial charge in [0.25, 0.3) is 15.9 Å². The third-order valence-corrected chi connectivity index (χ3v) is 8.65. The molecule has 204 valence electrons. The molecule has 3 heterocycles. The molecular weight excluding hydrogens is 550 g/mol. The van der Waals surface area contributed by atoms with Crippen LogP contribution in [0, 0.1) is 23.2 Å². The molecule has 2 atom stereocenters. The highest BCUT2D eigenvalue weighted by Gasteiger charge is 2.59. The Morgan fingerprint density at radius 3 is 2.64 bits per heavy atom. The Labute approximate surface area is 227 Å². The molecule has 1 aliphatic heterocycles. The Bertz CT molecular complexity index is 1670. The number of halogens is 1. The average Bonchev–Trinajstić information content (AvgIpc) is 3.63. The number of aromatic nitrogens is 1. The Kier molecular flexibility index (Phi) is 5.83. The van der Waals surface area contributed by atoms with Gasteiger partial charge in [-0.05, 0) is 49.6 Å². The molecule has 2 aromatic heterocycles. The van der Waals surface area contributed by atoms with Crippen molar-refractivity contribution >= 4 is 44.5 Å². The van der Waals surface area contributed by atoms with Crippen LogP contribution >= 0.6 is 11.6 Å². The standard InChI is InChI=1S/C25H24ClN5O7S/c26-15-1-2-17-16(9-15)29-22(38-17)24(27)11-23(12-24)6-7-25(28,13-23)30-21(33)18-3-4-19(37-18)39(34,35)31-20(32)14-5-8-36-10-14/h1-4,9,14H,5,8,10-13,27-28H2,(H,30,33)(H,31,32)/t14?,23?,24?,25-/m0/s1. The van der Waals surface area contributed by atoms with E-state index in [1.165, 1.54) is 6.07 Å². The second-order valence-corrected chi connectivity index (χ2v) is 12.5. The third kappa shape index (κ3) is 4.68. The number of hydrogen-bond donors (Lipinski definition) is 4. The van der Waals surface area contributed by atoms with Crippen LogP contribution in [0.2, 0.25) is 5.02 Å². The van der Waals surface area contributed by atoms with Gasteiger partial charge in [-0.1, -0.05) is 23.4 Å². The van der Waals surface area contributed by atoms with Crippen molar-refractivity contribution in [1.29, 1.82) is 0 Å². The van der Waals surface area contributed by atoms with Crippen molar-refractivity contribution < 1.29 is 31.6 Å². The number of ether oxygens (including phenoxy) is 1. The summed E-state index contributed by atoms with van der Waals surface area (Å²) in [5.74, 6) is 4.07. The molecular formula is C25H24ClN5O7S. The lowest BCUT2D eigenvalue weighted by atomic mass is 9.57. The number of amides is 2. The molecule has 1 saturated heterocycles. The van der Waals surface area contributed by atoms with Gasteiger partial charge in [0.2, 0.25) is 16.9 Å². The highest BCUT2D eigenvalue weighted by molar-refractivity contribution is 7.89. The van der Waals surface area contributed by atoms with E-state index in [-0.39, 0.29) is 18.8 Å². The predicted octanol–water partition coefficient (Wildman–Crippen LogP) is 1.34. The van der Waals surface area contributed by atoms with E-state index in [0.29, 0.717) is 47.9 Å². The molecule has 2 amide bonds. The number of sulfonamides is 1. The molecule has 2 aliphatic carbocycles. The molecule has 1 saturated carbocycles. The quantitative estimate of drug-likeness (QED) is 0.247. The van der Waals surface area contributed by atoms with Crippen LogP contribution in [-0.4, -0.2) is 44.1 Å². The van der Waals surface area contributed by atoms with E-state index in [0.717, 1.165) is 6.07 Å². The topological polar surface area (TPSA) is 193 Å². The van der Waals surface area contributed by atoms with E-state index in [1.807, 2.05) is 4.72 Å². The first-order valence-electron chi connectivity index (χ1n) is 12.1. The van der Waals surface area contributed by atoms with Gasteiger partial charge in [-0.25, -0.2) is 9.71 Å². The van der Waals surface area contributed by atoms with Crippen molar-refractivity contribution in [3.8, 4) is 11.8 Å². The number of carbonyl (C=O) groups is 2. The maximum absolute atomic E-state index is 12.9. The van der Waals surface area contributed by atoms with E-state index in [4.69, 9.17) is 36.6 Å². The van der Waals surface area contributed by atoms with Crippen LogP contribution in [0.15, 0.2) is 44.3 Å². The molecule has 12 nitrogen and oxygen atoms in total. The van der Waals surface area contributed by atoms with Gasteiger partial charge in [-0.15, -0.1) is 0 Å². The first-order valence-corrected chi connectivity index (χ1v) is 14.0. The smallest absolute Gasteiger partial charge is 0.297 e. The van der Waals surface area contributed by atoms with Gasteiger partial charge in [-0.3, -0.25) is 15.3 Å². The molecule has 3 aromatic rings. The number of nitrogens with one attached hydrogen (secondary N) is 2. The van der Waals surface area contributed by atoms with Crippen molar-refractivity contribution in [1.82, 2.24) is 15.0 Å². The summed E-state index contributed by atoms with van der Waals surface area (Å²) in [5, 5.41) is 2.58. The fourth-order valence-electron chi connectivity index (χ4n) is 5.43. The lowest BCUT2D eigenvalue weighted by Crippen LogP contribution is -2.60. The van der Waals surface area contributed by atoms with Crippen LogP contribution in [0.4, 0.5) is 0 Å². The number of hydrogen-bond acceptors (Lipinski definition) is 10. The third-order valence-electron chi connectivity index (χ3n) is 7.19. The molecule has 1 spiro atoms. The maximum Gasteiger partial charge on any atom is 0.297 e. The van der Waals surface area contributed by atoms with Gasteiger partial charge in [-0.2, -0.15) is 8.42 Å². The van der Waals surface area contributed by atoms with Crippen LogP contribution in [0.1, 0.15) is 42.1 Å². The van der Waals surface area contributed by atoms with E-state index in [1.54, 1.807) is 18.2 Å². The van der Waals surface area contributed by atoms with Gasteiger partial charge in [0.05, 0.1) is 18.1 Å². The first-order chi connectivity index (χ1) is 18.4. The summed E-state index contributed by atoms with van der Waals surface area (Å²) in [6.07, 6.45) is 1.50. The molecule has 1 aromatic carbocycles. The van der Waals surface area contributed by atoms with Gasteiger partial charge >= 0.3 is 0 Å². The number of benzene rings is 1. The summed E-state index contributed by atoms with van der Waals surface area (Å²) in [7, 11) is -4.31. The van der Waals surface area contributed by atoms with Gasteiger partial charge in [0.15, 0.2) is 17.0 Å². The second-order valence-electron chi connectivity index (χ2n) is 10.4. The largest absolute Gasteiger partial charge is 0.439 e. The summed E-state index contributed by atoms with van der Waals surface area (Å²) in [6, 6.07) is 7.40. The van der Waals surface area contributed by atoms with E-state index in [2.05, 4.69) is 22.1 Å². The molecule has 1 unspecified atom stereocenters. The summed E-state index contributed by atoms with van der Waals surface area (Å²) in [4.78, 5) is 29.5. The zero-order chi connectivity index (χ0) is 27.6. The zero-order valence-corrected chi connectivity index (χ0v) is 22.0. The van der Waals surface area contributed by atoms with Crippen LogP contribution in [-0.2, 0) is 25.1 Å². The Morgan fingerprint density at radius 2 is 1.90 bits per heavy atom. The SMILES string of the molecule is NC1(c2nc3cc(Cl)ccc3o2)CC2(C#C[C@](N)(NC(=O)c3ccc(S(=O)(=O)NC(=O)C4CCOC4)o3)C2)C1. The number of rotatable bonds is 6. The summed E-state index contributed by atoms with van der Waals surface area (Å²) in [5.41, 5.74) is 11.4. The Hall–Kier alpha value is -3.41. The van der Waals surface area contributed by atoms with E-state index >= 15 is 0 Å². The minimum Gasteiger partial charge on any atom is -0.439 e. The van der Waals surface area contributed by atoms with Crippen molar-refractivity contribution in [2.45, 2.75) is 42.0 Å². The summed E-state index contributed by atoms with van der Waals surface area (Å²) >= 11 is 6.04. The molecule has 2 fully saturated rings. The number of oxazole rings is 1. The maximum atomic E-state index is 12.9.